The number of carbonyl (C=O) groups is 1. The van der Waals surface area contributed by atoms with E-state index in [0.29, 0.717) is 5.88 Å². The van der Waals surface area contributed by atoms with E-state index in [9.17, 15) is 4.79 Å². The maximum absolute atomic E-state index is 10.7. The van der Waals surface area contributed by atoms with Gasteiger partial charge in [0.2, 0.25) is 5.88 Å². The second-order valence-corrected chi connectivity index (χ2v) is 4.42. The fraction of sp³-hybridized carbons (Fsp3) is 0.200. The SMILES string of the molecule is COc1ccc(-c2cccc([C@@H](N)CC(=O)O)c2)cn1. The van der Waals surface area contributed by atoms with Gasteiger partial charge in [-0.15, -0.1) is 0 Å². The van der Waals surface area contributed by atoms with Crippen LogP contribution in [0.2, 0.25) is 0 Å². The molecule has 0 saturated heterocycles. The van der Waals surface area contributed by atoms with E-state index in [0.717, 1.165) is 16.7 Å². The summed E-state index contributed by atoms with van der Waals surface area (Å²) in [7, 11) is 1.56. The highest BCUT2D eigenvalue weighted by Crippen LogP contribution is 2.24. The van der Waals surface area contributed by atoms with Crippen molar-refractivity contribution in [1.82, 2.24) is 4.98 Å². The van der Waals surface area contributed by atoms with Gasteiger partial charge in [-0.1, -0.05) is 18.2 Å². The summed E-state index contributed by atoms with van der Waals surface area (Å²) in [5.74, 6) is -0.360. The van der Waals surface area contributed by atoms with Gasteiger partial charge in [0, 0.05) is 23.9 Å². The quantitative estimate of drug-likeness (QED) is 0.871. The molecule has 2 rings (SSSR count). The van der Waals surface area contributed by atoms with E-state index in [1.165, 1.54) is 0 Å². The van der Waals surface area contributed by atoms with E-state index >= 15 is 0 Å². The van der Waals surface area contributed by atoms with Crippen molar-refractivity contribution in [2.24, 2.45) is 5.73 Å². The predicted molar refractivity (Wildman–Crippen MR) is 75.4 cm³/mol. The summed E-state index contributed by atoms with van der Waals surface area (Å²) in [6.45, 7) is 0. The number of nitrogens with two attached hydrogens (primary N) is 1. The Morgan fingerprint density at radius 3 is 2.75 bits per heavy atom. The van der Waals surface area contributed by atoms with Gasteiger partial charge >= 0.3 is 5.97 Å². The highest BCUT2D eigenvalue weighted by Gasteiger charge is 2.11. The molecule has 0 fully saturated rings. The summed E-state index contributed by atoms with van der Waals surface area (Å²) in [4.78, 5) is 14.9. The van der Waals surface area contributed by atoms with Crippen LogP contribution in [0.5, 0.6) is 5.88 Å². The van der Waals surface area contributed by atoms with Gasteiger partial charge in [0.05, 0.1) is 13.5 Å². The zero-order chi connectivity index (χ0) is 14.5. The van der Waals surface area contributed by atoms with Gasteiger partial charge in [-0.05, 0) is 23.3 Å². The van der Waals surface area contributed by atoms with Crippen LogP contribution in [0.15, 0.2) is 42.6 Å². The number of carboxylic acids is 1. The van der Waals surface area contributed by atoms with Crippen LogP contribution in [0.25, 0.3) is 11.1 Å². The molecule has 0 unspecified atom stereocenters. The normalized spacial score (nSPS) is 11.9. The Morgan fingerprint density at radius 2 is 2.15 bits per heavy atom. The third kappa shape index (κ3) is 3.33. The van der Waals surface area contributed by atoms with Gasteiger partial charge in [-0.25, -0.2) is 4.98 Å². The number of carboxylic acid groups (broad SMARTS) is 1. The largest absolute Gasteiger partial charge is 0.481 e. The minimum atomic E-state index is -0.908. The van der Waals surface area contributed by atoms with Crippen molar-refractivity contribution in [3.05, 3.63) is 48.2 Å². The van der Waals surface area contributed by atoms with E-state index in [1.807, 2.05) is 30.3 Å². The number of nitrogens with zero attached hydrogens (tertiary/aromatic N) is 1. The second-order valence-electron chi connectivity index (χ2n) is 4.42. The molecule has 0 amide bonds. The van der Waals surface area contributed by atoms with Gasteiger partial charge in [-0.2, -0.15) is 0 Å². The first kappa shape index (κ1) is 14.0. The van der Waals surface area contributed by atoms with Gasteiger partial charge < -0.3 is 15.6 Å². The maximum atomic E-state index is 10.7. The average molecular weight is 272 g/mol. The molecule has 104 valence electrons. The maximum Gasteiger partial charge on any atom is 0.305 e. The summed E-state index contributed by atoms with van der Waals surface area (Å²) in [5, 5.41) is 8.79. The number of aliphatic carboxylic acids is 1. The number of ether oxygens (including phenoxy) is 1. The predicted octanol–water partition coefficient (Wildman–Crippen LogP) is 2.23. The number of methoxy groups -OCH3 is 1. The third-order valence-corrected chi connectivity index (χ3v) is 2.99. The molecule has 1 atom stereocenters. The lowest BCUT2D eigenvalue weighted by Gasteiger charge is -2.11. The summed E-state index contributed by atoms with van der Waals surface area (Å²) in [6, 6.07) is 10.7. The molecular weight excluding hydrogens is 256 g/mol. The summed E-state index contributed by atoms with van der Waals surface area (Å²) >= 11 is 0. The van der Waals surface area contributed by atoms with Crippen LogP contribution < -0.4 is 10.5 Å². The standard InChI is InChI=1S/C15H16N2O3/c1-20-14-6-5-12(9-17-14)10-3-2-4-11(7-10)13(16)8-15(18)19/h2-7,9,13H,8,16H2,1H3,(H,18,19)/t13-/m0/s1. The van der Waals surface area contributed by atoms with E-state index < -0.39 is 12.0 Å². The zero-order valence-electron chi connectivity index (χ0n) is 11.1. The number of pyridine rings is 1. The Hall–Kier alpha value is -2.40. The first-order valence-electron chi connectivity index (χ1n) is 6.18. The zero-order valence-corrected chi connectivity index (χ0v) is 11.1. The van der Waals surface area contributed by atoms with Crippen LogP contribution in [-0.4, -0.2) is 23.2 Å². The molecular formula is C15H16N2O3. The molecule has 0 aliphatic heterocycles. The Bertz CT molecular complexity index is 596. The molecule has 3 N–H and O–H groups in total. The smallest absolute Gasteiger partial charge is 0.305 e. The average Bonchev–Trinajstić information content (AvgIpc) is 2.47. The Labute approximate surface area is 117 Å². The molecule has 1 aromatic heterocycles. The van der Waals surface area contributed by atoms with Gasteiger partial charge in [-0.3, -0.25) is 4.79 Å². The molecule has 5 nitrogen and oxygen atoms in total. The molecule has 0 aliphatic carbocycles. The van der Waals surface area contributed by atoms with E-state index in [1.54, 1.807) is 19.4 Å². The number of hydrogen-bond acceptors (Lipinski definition) is 4. The van der Waals surface area contributed by atoms with Crippen molar-refractivity contribution >= 4 is 5.97 Å². The molecule has 1 heterocycles. The van der Waals surface area contributed by atoms with Crippen LogP contribution >= 0.6 is 0 Å². The minimum Gasteiger partial charge on any atom is -0.481 e. The molecule has 20 heavy (non-hydrogen) atoms. The van der Waals surface area contributed by atoms with Crippen molar-refractivity contribution in [2.75, 3.05) is 7.11 Å². The van der Waals surface area contributed by atoms with E-state index in [-0.39, 0.29) is 6.42 Å². The molecule has 1 aromatic carbocycles. The lowest BCUT2D eigenvalue weighted by Crippen LogP contribution is -2.14. The highest BCUT2D eigenvalue weighted by atomic mass is 16.5. The van der Waals surface area contributed by atoms with Gasteiger partial charge in [0.1, 0.15) is 0 Å². The Balaban J connectivity index is 2.26. The van der Waals surface area contributed by atoms with Crippen LogP contribution in [0.3, 0.4) is 0 Å². The van der Waals surface area contributed by atoms with Crippen LogP contribution in [0.4, 0.5) is 0 Å². The monoisotopic (exact) mass is 272 g/mol. The van der Waals surface area contributed by atoms with Crippen molar-refractivity contribution in [2.45, 2.75) is 12.5 Å². The summed E-state index contributed by atoms with van der Waals surface area (Å²) in [6.07, 6.45) is 1.62. The number of aromatic nitrogens is 1. The number of hydrogen-bond donors (Lipinski definition) is 2. The van der Waals surface area contributed by atoms with E-state index in [4.69, 9.17) is 15.6 Å². The Kier molecular flexibility index (Phi) is 4.32. The molecule has 0 saturated carbocycles. The molecule has 2 aromatic rings. The minimum absolute atomic E-state index is 0.0929. The number of benzene rings is 1. The lowest BCUT2D eigenvalue weighted by atomic mass is 9.99. The van der Waals surface area contributed by atoms with Crippen LogP contribution in [0, 0.1) is 0 Å². The van der Waals surface area contributed by atoms with Crippen molar-refractivity contribution in [3.8, 4) is 17.0 Å². The van der Waals surface area contributed by atoms with Gasteiger partial charge in [0.15, 0.2) is 0 Å². The Morgan fingerprint density at radius 1 is 1.35 bits per heavy atom. The van der Waals surface area contributed by atoms with Crippen molar-refractivity contribution in [3.63, 3.8) is 0 Å². The van der Waals surface area contributed by atoms with Crippen molar-refractivity contribution in [1.29, 1.82) is 0 Å². The van der Waals surface area contributed by atoms with Gasteiger partial charge in [0.25, 0.3) is 0 Å². The molecule has 0 radical (unpaired) electrons. The number of rotatable bonds is 5. The summed E-state index contributed by atoms with van der Waals surface area (Å²) in [5.41, 5.74) is 8.53. The third-order valence-electron chi connectivity index (χ3n) is 2.99. The molecule has 0 bridgehead atoms. The fourth-order valence-electron chi connectivity index (χ4n) is 1.93. The topological polar surface area (TPSA) is 85.4 Å². The lowest BCUT2D eigenvalue weighted by molar-refractivity contribution is -0.137. The first-order valence-corrected chi connectivity index (χ1v) is 6.18. The molecule has 0 spiro atoms. The van der Waals surface area contributed by atoms with Crippen molar-refractivity contribution < 1.29 is 14.6 Å². The van der Waals surface area contributed by atoms with E-state index in [2.05, 4.69) is 4.98 Å². The molecule has 0 aliphatic rings. The fourth-order valence-corrected chi connectivity index (χ4v) is 1.93. The van der Waals surface area contributed by atoms with Crippen LogP contribution in [0.1, 0.15) is 18.0 Å². The second kappa shape index (κ2) is 6.16. The first-order chi connectivity index (χ1) is 9.60. The molecule has 5 heteroatoms. The highest BCUT2D eigenvalue weighted by molar-refractivity contribution is 5.68. The van der Waals surface area contributed by atoms with Crippen LogP contribution in [-0.2, 0) is 4.79 Å². The summed E-state index contributed by atoms with van der Waals surface area (Å²) < 4.78 is 5.01.